The molecule has 16 heavy (non-hydrogen) atoms. The highest BCUT2D eigenvalue weighted by atomic mass is 35.5. The highest BCUT2D eigenvalue weighted by Crippen LogP contribution is 2.25. The first kappa shape index (κ1) is 13.8. The number of methoxy groups -OCH3 is 1. The molecule has 4 heteroatoms. The van der Waals surface area contributed by atoms with Crippen molar-refractivity contribution in [1.82, 2.24) is 5.32 Å². The van der Waals surface area contributed by atoms with Crippen molar-refractivity contribution in [3.05, 3.63) is 29.3 Å². The molecule has 1 N–H and O–H groups in total. The van der Waals surface area contributed by atoms with E-state index in [0.717, 1.165) is 28.8 Å². The summed E-state index contributed by atoms with van der Waals surface area (Å²) in [4.78, 5) is 1.14. The van der Waals surface area contributed by atoms with Crippen LogP contribution in [-0.4, -0.2) is 32.1 Å². The summed E-state index contributed by atoms with van der Waals surface area (Å²) in [5, 5.41) is 4.22. The molecule has 1 aromatic rings. The molecule has 0 aliphatic rings. The molecule has 1 atom stereocenters. The highest BCUT2D eigenvalue weighted by Gasteiger charge is 2.01. The van der Waals surface area contributed by atoms with E-state index in [0.29, 0.717) is 6.04 Å². The van der Waals surface area contributed by atoms with Gasteiger partial charge in [0.25, 0.3) is 0 Å². The average Bonchev–Trinajstić information content (AvgIpc) is 2.27. The molecular formula is C12H18ClNOS. The quantitative estimate of drug-likeness (QED) is 0.601. The van der Waals surface area contributed by atoms with Gasteiger partial charge in [-0.3, -0.25) is 0 Å². The lowest BCUT2D eigenvalue weighted by molar-refractivity contribution is 0.173. The van der Waals surface area contributed by atoms with Crippen LogP contribution in [-0.2, 0) is 4.74 Å². The van der Waals surface area contributed by atoms with Gasteiger partial charge in [0.15, 0.2) is 0 Å². The van der Waals surface area contributed by atoms with Gasteiger partial charge in [0.05, 0.1) is 11.6 Å². The summed E-state index contributed by atoms with van der Waals surface area (Å²) < 4.78 is 5.05. The molecule has 0 spiro atoms. The third-order valence-corrected chi connectivity index (χ3v) is 3.62. The van der Waals surface area contributed by atoms with Gasteiger partial charge in [-0.15, -0.1) is 11.8 Å². The van der Waals surface area contributed by atoms with E-state index in [1.165, 1.54) is 0 Å². The van der Waals surface area contributed by atoms with E-state index in [2.05, 4.69) is 12.2 Å². The van der Waals surface area contributed by atoms with E-state index in [1.54, 1.807) is 18.9 Å². The Labute approximate surface area is 107 Å². The van der Waals surface area contributed by atoms with Crippen LogP contribution in [0.3, 0.4) is 0 Å². The Morgan fingerprint density at radius 2 is 2.19 bits per heavy atom. The van der Waals surface area contributed by atoms with E-state index in [1.807, 2.05) is 24.3 Å². The lowest BCUT2D eigenvalue weighted by Crippen LogP contribution is -2.31. The lowest BCUT2D eigenvalue weighted by Gasteiger charge is -2.12. The van der Waals surface area contributed by atoms with Gasteiger partial charge in [-0.05, 0) is 19.1 Å². The summed E-state index contributed by atoms with van der Waals surface area (Å²) in [5.41, 5.74) is 0. The van der Waals surface area contributed by atoms with Gasteiger partial charge in [-0.25, -0.2) is 0 Å². The minimum atomic E-state index is 0.400. The summed E-state index contributed by atoms with van der Waals surface area (Å²) in [6.45, 7) is 3.82. The van der Waals surface area contributed by atoms with Crippen molar-refractivity contribution in [2.24, 2.45) is 0 Å². The Hall–Kier alpha value is -0.220. The maximum atomic E-state index is 6.05. The standard InChI is InChI=1S/C12H18ClNOS/c1-10(9-15-2)14-7-8-16-12-6-4-3-5-11(12)13/h3-6,10,14H,7-9H2,1-2H3. The third kappa shape index (κ3) is 5.21. The average molecular weight is 260 g/mol. The molecule has 2 nitrogen and oxygen atoms in total. The fraction of sp³-hybridized carbons (Fsp3) is 0.500. The SMILES string of the molecule is COCC(C)NCCSc1ccccc1Cl. The Morgan fingerprint density at radius 1 is 1.44 bits per heavy atom. The van der Waals surface area contributed by atoms with Crippen molar-refractivity contribution in [1.29, 1.82) is 0 Å². The van der Waals surface area contributed by atoms with E-state index in [4.69, 9.17) is 16.3 Å². The normalized spacial score (nSPS) is 12.7. The molecule has 0 saturated heterocycles. The third-order valence-electron chi connectivity index (χ3n) is 2.11. The van der Waals surface area contributed by atoms with Crippen LogP contribution in [0.25, 0.3) is 0 Å². The molecule has 0 aromatic heterocycles. The van der Waals surface area contributed by atoms with Crippen LogP contribution in [0, 0.1) is 0 Å². The highest BCUT2D eigenvalue weighted by molar-refractivity contribution is 7.99. The number of halogens is 1. The molecule has 0 aliphatic heterocycles. The van der Waals surface area contributed by atoms with Crippen molar-refractivity contribution in [2.75, 3.05) is 26.0 Å². The zero-order chi connectivity index (χ0) is 11.8. The molecule has 0 bridgehead atoms. The topological polar surface area (TPSA) is 21.3 Å². The number of hydrogen-bond acceptors (Lipinski definition) is 3. The second-order valence-corrected chi connectivity index (χ2v) is 5.13. The Morgan fingerprint density at radius 3 is 2.88 bits per heavy atom. The predicted octanol–water partition coefficient (Wildman–Crippen LogP) is 3.06. The maximum absolute atomic E-state index is 6.05. The molecule has 90 valence electrons. The smallest absolute Gasteiger partial charge is 0.0613 e. The lowest BCUT2D eigenvalue weighted by atomic mass is 10.4. The van der Waals surface area contributed by atoms with Crippen molar-refractivity contribution < 1.29 is 4.74 Å². The molecule has 0 heterocycles. The Kier molecular flexibility index (Phi) is 6.88. The van der Waals surface area contributed by atoms with Crippen LogP contribution in [0.5, 0.6) is 0 Å². The van der Waals surface area contributed by atoms with E-state index >= 15 is 0 Å². The molecule has 0 radical (unpaired) electrons. The van der Waals surface area contributed by atoms with Gasteiger partial charge in [0.2, 0.25) is 0 Å². The molecule has 0 fully saturated rings. The van der Waals surface area contributed by atoms with Gasteiger partial charge >= 0.3 is 0 Å². The zero-order valence-electron chi connectivity index (χ0n) is 9.70. The predicted molar refractivity (Wildman–Crippen MR) is 71.5 cm³/mol. The monoisotopic (exact) mass is 259 g/mol. The molecule has 1 aromatic carbocycles. The summed E-state index contributed by atoms with van der Waals surface area (Å²) in [6, 6.07) is 8.33. The van der Waals surface area contributed by atoms with Gasteiger partial charge in [0.1, 0.15) is 0 Å². The largest absolute Gasteiger partial charge is 0.383 e. The molecule has 1 unspecified atom stereocenters. The second-order valence-electron chi connectivity index (χ2n) is 3.59. The van der Waals surface area contributed by atoms with Crippen molar-refractivity contribution in [3.63, 3.8) is 0 Å². The van der Waals surface area contributed by atoms with Crippen LogP contribution in [0.1, 0.15) is 6.92 Å². The zero-order valence-corrected chi connectivity index (χ0v) is 11.3. The first-order valence-corrected chi connectivity index (χ1v) is 6.70. The molecular weight excluding hydrogens is 242 g/mol. The molecule has 1 rings (SSSR count). The Bertz CT molecular complexity index is 309. The number of ether oxygens (including phenoxy) is 1. The van der Waals surface area contributed by atoms with E-state index in [-0.39, 0.29) is 0 Å². The number of rotatable bonds is 7. The van der Waals surface area contributed by atoms with E-state index in [9.17, 15) is 0 Å². The first-order valence-electron chi connectivity index (χ1n) is 5.33. The molecule has 0 amide bonds. The van der Waals surface area contributed by atoms with Gasteiger partial charge < -0.3 is 10.1 Å². The van der Waals surface area contributed by atoms with E-state index < -0.39 is 0 Å². The number of thioether (sulfide) groups is 1. The maximum Gasteiger partial charge on any atom is 0.0613 e. The van der Waals surface area contributed by atoms with Crippen molar-refractivity contribution in [2.45, 2.75) is 17.9 Å². The van der Waals surface area contributed by atoms with Crippen LogP contribution in [0.4, 0.5) is 0 Å². The molecule has 0 saturated carbocycles. The number of hydrogen-bond donors (Lipinski definition) is 1. The number of nitrogens with one attached hydrogen (secondary N) is 1. The summed E-state index contributed by atoms with van der Waals surface area (Å²) in [6.07, 6.45) is 0. The fourth-order valence-corrected chi connectivity index (χ4v) is 2.46. The second kappa shape index (κ2) is 7.96. The van der Waals surface area contributed by atoms with Gasteiger partial charge in [-0.2, -0.15) is 0 Å². The molecule has 0 aliphatic carbocycles. The van der Waals surface area contributed by atoms with Crippen LogP contribution >= 0.6 is 23.4 Å². The summed E-state index contributed by atoms with van der Waals surface area (Å²) in [5.74, 6) is 1.01. The van der Waals surface area contributed by atoms with Crippen LogP contribution < -0.4 is 5.32 Å². The van der Waals surface area contributed by atoms with Crippen molar-refractivity contribution >= 4 is 23.4 Å². The Balaban J connectivity index is 2.19. The van der Waals surface area contributed by atoms with Crippen molar-refractivity contribution in [3.8, 4) is 0 Å². The summed E-state index contributed by atoms with van der Waals surface area (Å²) >= 11 is 7.83. The minimum absolute atomic E-state index is 0.400. The number of benzene rings is 1. The van der Waals surface area contributed by atoms with Crippen LogP contribution in [0.2, 0.25) is 5.02 Å². The van der Waals surface area contributed by atoms with Gasteiger partial charge in [0, 0.05) is 30.3 Å². The summed E-state index contributed by atoms with van der Waals surface area (Å²) in [7, 11) is 1.72. The van der Waals surface area contributed by atoms with Gasteiger partial charge in [-0.1, -0.05) is 23.7 Å². The fourth-order valence-electron chi connectivity index (χ4n) is 1.34. The minimum Gasteiger partial charge on any atom is -0.383 e. The van der Waals surface area contributed by atoms with Crippen LogP contribution in [0.15, 0.2) is 29.2 Å². The first-order chi connectivity index (χ1) is 7.74.